The minimum absolute atomic E-state index is 0.0723. The molecule has 3 aromatic rings. The third-order valence-corrected chi connectivity index (χ3v) is 4.92. The van der Waals surface area contributed by atoms with Gasteiger partial charge in [0.1, 0.15) is 4.83 Å². The smallest absolute Gasteiger partial charge is 0.335 e. The van der Waals surface area contributed by atoms with E-state index < -0.39 is 5.97 Å². The number of hydrogen-bond acceptors (Lipinski definition) is 4. The summed E-state index contributed by atoms with van der Waals surface area (Å²) in [7, 11) is 0. The summed E-state index contributed by atoms with van der Waals surface area (Å²) < 4.78 is 1.54. The number of carbonyl (C=O) groups is 1. The highest BCUT2D eigenvalue weighted by Gasteiger charge is 2.14. The van der Waals surface area contributed by atoms with E-state index in [1.807, 2.05) is 19.9 Å². The van der Waals surface area contributed by atoms with Gasteiger partial charge in [-0.2, -0.15) is 0 Å². The number of hydrogen-bond donors (Lipinski definition) is 1. The van der Waals surface area contributed by atoms with Gasteiger partial charge in [-0.15, -0.1) is 11.3 Å². The highest BCUT2D eigenvalue weighted by molar-refractivity contribution is 7.18. The standard InChI is InChI=1S/C17H16N2O3S/c1-3-13-10(2)23-15-14(13)16(20)19(9-18-15)8-11-5-4-6-12(7-11)17(21)22/h4-7,9H,3,8H2,1-2H3,(H,21,22). The van der Waals surface area contributed by atoms with Crippen molar-refractivity contribution in [3.63, 3.8) is 0 Å². The van der Waals surface area contributed by atoms with E-state index in [9.17, 15) is 9.59 Å². The van der Waals surface area contributed by atoms with Gasteiger partial charge >= 0.3 is 5.97 Å². The molecular formula is C17H16N2O3S. The molecule has 2 aromatic heterocycles. The topological polar surface area (TPSA) is 72.2 Å². The molecule has 0 bridgehead atoms. The number of nitrogens with zero attached hydrogens (tertiary/aromatic N) is 2. The monoisotopic (exact) mass is 328 g/mol. The van der Waals surface area contributed by atoms with Crippen molar-refractivity contribution in [2.45, 2.75) is 26.8 Å². The number of carboxylic acid groups (broad SMARTS) is 1. The first-order chi connectivity index (χ1) is 11.0. The Morgan fingerprint density at radius 3 is 2.87 bits per heavy atom. The van der Waals surface area contributed by atoms with E-state index in [4.69, 9.17) is 5.11 Å². The minimum atomic E-state index is -0.977. The first kappa shape index (κ1) is 15.4. The van der Waals surface area contributed by atoms with Crippen LogP contribution in [0.2, 0.25) is 0 Å². The maximum atomic E-state index is 12.8. The van der Waals surface area contributed by atoms with Gasteiger partial charge in [0.05, 0.1) is 23.8 Å². The predicted molar refractivity (Wildman–Crippen MR) is 90.5 cm³/mol. The zero-order valence-electron chi connectivity index (χ0n) is 12.9. The quantitative estimate of drug-likeness (QED) is 0.799. The van der Waals surface area contributed by atoms with E-state index >= 15 is 0 Å². The molecule has 3 rings (SSSR count). The molecular weight excluding hydrogens is 312 g/mol. The van der Waals surface area contributed by atoms with Crippen molar-refractivity contribution in [1.29, 1.82) is 0 Å². The second-order valence-corrected chi connectivity index (χ2v) is 6.56. The van der Waals surface area contributed by atoms with Gasteiger partial charge in [0, 0.05) is 4.88 Å². The van der Waals surface area contributed by atoms with Crippen molar-refractivity contribution in [2.75, 3.05) is 0 Å². The van der Waals surface area contributed by atoms with E-state index in [-0.39, 0.29) is 11.1 Å². The summed E-state index contributed by atoms with van der Waals surface area (Å²) in [6.45, 7) is 4.34. The van der Waals surface area contributed by atoms with Crippen LogP contribution >= 0.6 is 11.3 Å². The Labute approximate surface area is 136 Å². The van der Waals surface area contributed by atoms with Gasteiger partial charge in [-0.05, 0) is 36.6 Å². The van der Waals surface area contributed by atoms with Crippen LogP contribution in [-0.2, 0) is 13.0 Å². The van der Waals surface area contributed by atoms with E-state index in [2.05, 4.69) is 4.98 Å². The molecule has 0 aliphatic rings. The van der Waals surface area contributed by atoms with Crippen LogP contribution in [0.4, 0.5) is 0 Å². The Morgan fingerprint density at radius 2 is 2.17 bits per heavy atom. The summed E-state index contributed by atoms with van der Waals surface area (Å²) in [5, 5.41) is 9.75. The molecule has 2 heterocycles. The number of carboxylic acids is 1. The molecule has 1 N–H and O–H groups in total. The minimum Gasteiger partial charge on any atom is -0.478 e. The molecule has 0 aliphatic heterocycles. The molecule has 0 spiro atoms. The molecule has 23 heavy (non-hydrogen) atoms. The Morgan fingerprint density at radius 1 is 1.39 bits per heavy atom. The fraction of sp³-hybridized carbons (Fsp3) is 0.235. The van der Waals surface area contributed by atoms with Crippen molar-refractivity contribution in [3.8, 4) is 0 Å². The van der Waals surface area contributed by atoms with Crippen molar-refractivity contribution in [3.05, 3.63) is 62.5 Å². The summed E-state index contributed by atoms with van der Waals surface area (Å²) >= 11 is 1.54. The number of aromatic nitrogens is 2. The second kappa shape index (κ2) is 5.96. The number of aromatic carboxylic acids is 1. The van der Waals surface area contributed by atoms with Gasteiger partial charge in [0.25, 0.3) is 5.56 Å². The Balaban J connectivity index is 2.07. The van der Waals surface area contributed by atoms with Gasteiger partial charge < -0.3 is 5.11 Å². The molecule has 0 amide bonds. The van der Waals surface area contributed by atoms with Crippen LogP contribution in [0, 0.1) is 6.92 Å². The predicted octanol–water partition coefficient (Wildman–Crippen LogP) is 3.08. The van der Waals surface area contributed by atoms with E-state index in [1.165, 1.54) is 28.3 Å². The average molecular weight is 328 g/mol. The maximum Gasteiger partial charge on any atom is 0.335 e. The average Bonchev–Trinajstić information content (AvgIpc) is 2.86. The van der Waals surface area contributed by atoms with Gasteiger partial charge in [0.15, 0.2) is 0 Å². The Hall–Kier alpha value is -2.47. The third kappa shape index (κ3) is 2.77. The largest absolute Gasteiger partial charge is 0.478 e. The molecule has 0 saturated carbocycles. The molecule has 0 unspecified atom stereocenters. The van der Waals surface area contributed by atoms with Crippen LogP contribution in [0.15, 0.2) is 35.4 Å². The molecule has 0 saturated heterocycles. The number of fused-ring (bicyclic) bond motifs is 1. The van der Waals surface area contributed by atoms with Crippen LogP contribution in [-0.4, -0.2) is 20.6 Å². The lowest BCUT2D eigenvalue weighted by Crippen LogP contribution is -2.21. The fourth-order valence-electron chi connectivity index (χ4n) is 2.73. The van der Waals surface area contributed by atoms with E-state index in [0.29, 0.717) is 11.9 Å². The van der Waals surface area contributed by atoms with Gasteiger partial charge in [-0.3, -0.25) is 9.36 Å². The highest BCUT2D eigenvalue weighted by Crippen LogP contribution is 2.26. The Kier molecular flexibility index (Phi) is 4.00. The highest BCUT2D eigenvalue weighted by atomic mass is 32.1. The molecule has 0 aliphatic carbocycles. The lowest BCUT2D eigenvalue weighted by molar-refractivity contribution is 0.0696. The molecule has 0 fully saturated rings. The zero-order chi connectivity index (χ0) is 16.6. The molecule has 6 heteroatoms. The van der Waals surface area contributed by atoms with E-state index in [1.54, 1.807) is 12.1 Å². The number of thiophene rings is 1. The zero-order valence-corrected chi connectivity index (χ0v) is 13.7. The third-order valence-electron chi connectivity index (χ3n) is 3.86. The SMILES string of the molecule is CCc1c(C)sc2ncn(Cc3cccc(C(=O)O)c3)c(=O)c12. The van der Waals surface area contributed by atoms with Crippen LogP contribution in [0.25, 0.3) is 10.2 Å². The van der Waals surface area contributed by atoms with Crippen molar-refractivity contribution in [1.82, 2.24) is 9.55 Å². The van der Waals surface area contributed by atoms with Crippen molar-refractivity contribution < 1.29 is 9.90 Å². The van der Waals surface area contributed by atoms with Crippen LogP contribution in [0.1, 0.15) is 33.3 Å². The number of aryl methyl sites for hydroxylation is 2. The van der Waals surface area contributed by atoms with Crippen molar-refractivity contribution in [2.24, 2.45) is 0 Å². The second-order valence-electron chi connectivity index (χ2n) is 5.35. The summed E-state index contributed by atoms with van der Waals surface area (Å²) in [6, 6.07) is 6.61. The maximum absolute atomic E-state index is 12.8. The van der Waals surface area contributed by atoms with Crippen molar-refractivity contribution >= 4 is 27.5 Å². The lowest BCUT2D eigenvalue weighted by atomic mass is 10.1. The fourth-order valence-corrected chi connectivity index (χ4v) is 3.80. The van der Waals surface area contributed by atoms with Crippen LogP contribution in [0.5, 0.6) is 0 Å². The van der Waals surface area contributed by atoms with Crippen LogP contribution in [0.3, 0.4) is 0 Å². The molecule has 5 nitrogen and oxygen atoms in total. The first-order valence-electron chi connectivity index (χ1n) is 7.31. The summed E-state index contributed by atoms with van der Waals surface area (Å²) in [6.07, 6.45) is 2.33. The van der Waals surface area contributed by atoms with E-state index in [0.717, 1.165) is 27.3 Å². The van der Waals surface area contributed by atoms with Gasteiger partial charge in [0.2, 0.25) is 0 Å². The normalized spacial score (nSPS) is 11.0. The summed E-state index contributed by atoms with van der Waals surface area (Å²) in [5.41, 5.74) is 1.96. The molecule has 0 atom stereocenters. The van der Waals surface area contributed by atoms with Crippen LogP contribution < -0.4 is 5.56 Å². The molecule has 118 valence electrons. The first-order valence-corrected chi connectivity index (χ1v) is 8.12. The van der Waals surface area contributed by atoms with Gasteiger partial charge in [-0.1, -0.05) is 19.1 Å². The number of benzene rings is 1. The molecule has 0 radical (unpaired) electrons. The lowest BCUT2D eigenvalue weighted by Gasteiger charge is -2.07. The summed E-state index contributed by atoms with van der Waals surface area (Å²) in [5.74, 6) is -0.977. The molecule has 1 aromatic carbocycles. The van der Waals surface area contributed by atoms with Gasteiger partial charge in [-0.25, -0.2) is 9.78 Å². The Bertz CT molecular complexity index is 956. The number of rotatable bonds is 4. The summed E-state index contributed by atoms with van der Waals surface area (Å²) in [4.78, 5) is 30.1.